The molecule has 1 aliphatic rings. The van der Waals surface area contributed by atoms with Crippen molar-refractivity contribution in [3.05, 3.63) is 29.8 Å². The highest BCUT2D eigenvalue weighted by Gasteiger charge is 2.24. The van der Waals surface area contributed by atoms with Gasteiger partial charge in [-0.05, 0) is 31.9 Å². The SMILES string of the molecule is CNC(=O)NC(=O)[C@H](C)OC(=O)c1ccccc1SCC(=O)N(C)C1CCCCC1. The van der Waals surface area contributed by atoms with E-state index in [0.717, 1.165) is 25.7 Å². The van der Waals surface area contributed by atoms with Gasteiger partial charge in [-0.3, -0.25) is 14.9 Å². The van der Waals surface area contributed by atoms with Crippen LogP contribution in [0.4, 0.5) is 4.79 Å². The highest BCUT2D eigenvalue weighted by molar-refractivity contribution is 8.00. The minimum atomic E-state index is -1.15. The van der Waals surface area contributed by atoms with Crippen molar-refractivity contribution in [1.82, 2.24) is 15.5 Å². The summed E-state index contributed by atoms with van der Waals surface area (Å²) in [6, 6.07) is 6.39. The fraction of sp³-hybridized carbons (Fsp3) is 0.524. The molecule has 9 heteroatoms. The van der Waals surface area contributed by atoms with Gasteiger partial charge in [0.1, 0.15) is 0 Å². The van der Waals surface area contributed by atoms with Crippen LogP contribution in [0.3, 0.4) is 0 Å². The fourth-order valence-electron chi connectivity index (χ4n) is 3.23. The van der Waals surface area contributed by atoms with E-state index in [1.165, 1.54) is 32.2 Å². The molecular weight excluding hydrogens is 406 g/mol. The highest BCUT2D eigenvalue weighted by Crippen LogP contribution is 2.26. The maximum atomic E-state index is 12.6. The molecule has 0 radical (unpaired) electrons. The van der Waals surface area contributed by atoms with Gasteiger partial charge in [0.25, 0.3) is 5.91 Å². The standard InChI is InChI=1S/C21H29N3O5S/c1-14(19(26)23-21(28)22-2)29-20(27)16-11-7-8-12-17(16)30-13-18(25)24(3)15-9-5-4-6-10-15/h7-8,11-12,14-15H,4-6,9-10,13H2,1-3H3,(H2,22,23,26,28)/t14-/m0/s1. The Bertz CT molecular complexity index is 780. The van der Waals surface area contributed by atoms with Gasteiger partial charge in [-0.2, -0.15) is 0 Å². The number of nitrogens with one attached hydrogen (secondary N) is 2. The molecule has 2 rings (SSSR count). The predicted octanol–water partition coefficient (Wildman–Crippen LogP) is 2.57. The lowest BCUT2D eigenvalue weighted by atomic mass is 9.94. The Labute approximate surface area is 181 Å². The van der Waals surface area contributed by atoms with Crippen LogP contribution in [0.15, 0.2) is 29.2 Å². The predicted molar refractivity (Wildman–Crippen MR) is 114 cm³/mol. The zero-order valence-corrected chi connectivity index (χ0v) is 18.4. The first-order chi connectivity index (χ1) is 14.3. The molecule has 1 aromatic rings. The first kappa shape index (κ1) is 23.7. The van der Waals surface area contributed by atoms with Crippen LogP contribution in [0, 0.1) is 0 Å². The number of carbonyl (C=O) groups is 4. The number of hydrogen-bond donors (Lipinski definition) is 2. The third-order valence-electron chi connectivity index (χ3n) is 5.09. The van der Waals surface area contributed by atoms with Crippen molar-refractivity contribution in [1.29, 1.82) is 0 Å². The number of amides is 4. The smallest absolute Gasteiger partial charge is 0.340 e. The molecule has 2 N–H and O–H groups in total. The van der Waals surface area contributed by atoms with Crippen LogP contribution < -0.4 is 10.6 Å². The van der Waals surface area contributed by atoms with Gasteiger partial charge in [-0.15, -0.1) is 11.8 Å². The Balaban J connectivity index is 1.96. The number of urea groups is 1. The second-order valence-electron chi connectivity index (χ2n) is 7.20. The van der Waals surface area contributed by atoms with Gasteiger partial charge in [0, 0.05) is 25.0 Å². The van der Waals surface area contributed by atoms with E-state index in [9.17, 15) is 19.2 Å². The molecule has 0 aliphatic heterocycles. The zero-order chi connectivity index (χ0) is 22.1. The number of benzene rings is 1. The molecule has 0 unspecified atom stereocenters. The molecule has 1 fully saturated rings. The van der Waals surface area contributed by atoms with E-state index >= 15 is 0 Å². The number of hydrogen-bond acceptors (Lipinski definition) is 6. The summed E-state index contributed by atoms with van der Waals surface area (Å²) in [6.45, 7) is 1.38. The van der Waals surface area contributed by atoms with Crippen LogP contribution in [0.5, 0.6) is 0 Å². The van der Waals surface area contributed by atoms with Crippen LogP contribution >= 0.6 is 11.8 Å². The first-order valence-corrected chi connectivity index (χ1v) is 11.0. The molecule has 0 spiro atoms. The lowest BCUT2D eigenvalue weighted by Gasteiger charge is -2.31. The topological polar surface area (TPSA) is 105 Å². The summed E-state index contributed by atoms with van der Waals surface area (Å²) in [7, 11) is 3.21. The van der Waals surface area contributed by atoms with E-state index in [1.54, 1.807) is 24.3 Å². The average molecular weight is 436 g/mol. The lowest BCUT2D eigenvalue weighted by Crippen LogP contribution is -2.43. The van der Waals surface area contributed by atoms with Crippen molar-refractivity contribution in [3.63, 3.8) is 0 Å². The minimum Gasteiger partial charge on any atom is -0.449 e. The molecule has 1 atom stereocenters. The van der Waals surface area contributed by atoms with Crippen LogP contribution in [0.2, 0.25) is 0 Å². The van der Waals surface area contributed by atoms with Crippen molar-refractivity contribution in [2.45, 2.75) is 56.1 Å². The van der Waals surface area contributed by atoms with E-state index in [-0.39, 0.29) is 23.3 Å². The number of ether oxygens (including phenoxy) is 1. The van der Waals surface area contributed by atoms with E-state index < -0.39 is 24.0 Å². The van der Waals surface area contributed by atoms with Crippen molar-refractivity contribution in [2.24, 2.45) is 0 Å². The third kappa shape index (κ3) is 6.76. The molecular formula is C21H29N3O5S. The Morgan fingerprint density at radius 1 is 1.17 bits per heavy atom. The average Bonchev–Trinajstić information content (AvgIpc) is 2.77. The summed E-state index contributed by atoms with van der Waals surface area (Å²) in [4.78, 5) is 50.7. The number of rotatable bonds is 7. The highest BCUT2D eigenvalue weighted by atomic mass is 32.2. The van der Waals surface area contributed by atoms with Gasteiger partial charge in [0.05, 0.1) is 11.3 Å². The summed E-state index contributed by atoms with van der Waals surface area (Å²) in [5.41, 5.74) is 0.273. The van der Waals surface area contributed by atoms with Crippen LogP contribution in [-0.4, -0.2) is 60.7 Å². The summed E-state index contributed by atoms with van der Waals surface area (Å²) < 4.78 is 5.19. The summed E-state index contributed by atoms with van der Waals surface area (Å²) in [6.07, 6.45) is 4.44. The van der Waals surface area contributed by atoms with Gasteiger partial charge in [-0.25, -0.2) is 9.59 Å². The minimum absolute atomic E-state index is 0.0217. The Morgan fingerprint density at radius 3 is 2.50 bits per heavy atom. The van der Waals surface area contributed by atoms with Crippen molar-refractivity contribution < 1.29 is 23.9 Å². The fourth-order valence-corrected chi connectivity index (χ4v) is 4.19. The van der Waals surface area contributed by atoms with E-state index in [2.05, 4.69) is 10.6 Å². The second kappa shape index (κ2) is 11.6. The molecule has 1 aromatic carbocycles. The van der Waals surface area contributed by atoms with Gasteiger partial charge >= 0.3 is 12.0 Å². The van der Waals surface area contributed by atoms with Crippen molar-refractivity contribution in [3.8, 4) is 0 Å². The maximum absolute atomic E-state index is 12.6. The lowest BCUT2D eigenvalue weighted by molar-refractivity contribution is -0.129. The van der Waals surface area contributed by atoms with Crippen LogP contribution in [-0.2, 0) is 14.3 Å². The molecule has 4 amide bonds. The molecule has 1 aliphatic carbocycles. The van der Waals surface area contributed by atoms with Gasteiger partial charge < -0.3 is 15.0 Å². The number of carbonyl (C=O) groups excluding carboxylic acids is 4. The van der Waals surface area contributed by atoms with Gasteiger partial charge in [-0.1, -0.05) is 31.4 Å². The Kier molecular flexibility index (Phi) is 9.16. The van der Waals surface area contributed by atoms with E-state index in [0.29, 0.717) is 4.90 Å². The van der Waals surface area contributed by atoms with Crippen molar-refractivity contribution >= 4 is 35.6 Å². The number of imide groups is 1. The monoisotopic (exact) mass is 435 g/mol. The molecule has 164 valence electrons. The molecule has 1 saturated carbocycles. The first-order valence-electron chi connectivity index (χ1n) is 10.0. The number of esters is 1. The maximum Gasteiger partial charge on any atom is 0.340 e. The van der Waals surface area contributed by atoms with Crippen molar-refractivity contribution in [2.75, 3.05) is 19.8 Å². The summed E-state index contributed by atoms with van der Waals surface area (Å²) in [5.74, 6) is -1.18. The normalized spacial score (nSPS) is 15.0. The van der Waals surface area contributed by atoms with Gasteiger partial charge in [0.15, 0.2) is 6.10 Å². The van der Waals surface area contributed by atoms with Crippen LogP contribution in [0.25, 0.3) is 0 Å². The second-order valence-corrected chi connectivity index (χ2v) is 8.21. The molecule has 0 bridgehead atoms. The Hall–Kier alpha value is -2.55. The molecule has 8 nitrogen and oxygen atoms in total. The molecule has 0 aromatic heterocycles. The van der Waals surface area contributed by atoms with Gasteiger partial charge in [0.2, 0.25) is 5.91 Å². The van der Waals surface area contributed by atoms with Crippen LogP contribution in [0.1, 0.15) is 49.4 Å². The summed E-state index contributed by atoms with van der Waals surface area (Å²) in [5, 5.41) is 4.32. The summed E-state index contributed by atoms with van der Waals surface area (Å²) >= 11 is 1.27. The van der Waals surface area contributed by atoms with E-state index in [1.807, 2.05) is 11.9 Å². The van der Waals surface area contributed by atoms with E-state index in [4.69, 9.17) is 4.74 Å². The largest absolute Gasteiger partial charge is 0.449 e. The number of thioether (sulfide) groups is 1. The molecule has 30 heavy (non-hydrogen) atoms. The third-order valence-corrected chi connectivity index (χ3v) is 6.15. The molecule has 0 saturated heterocycles. The Morgan fingerprint density at radius 2 is 1.83 bits per heavy atom. The quantitative estimate of drug-likeness (QED) is 0.504. The molecule has 0 heterocycles. The zero-order valence-electron chi connectivity index (χ0n) is 17.6. The number of nitrogens with zero attached hydrogens (tertiary/aromatic N) is 1.